The molecule has 4 rings (SSSR count). The van der Waals surface area contributed by atoms with Crippen molar-refractivity contribution >= 4 is 34.4 Å². The number of anilines is 3. The van der Waals surface area contributed by atoms with Crippen molar-refractivity contribution in [3.05, 3.63) is 76.9 Å². The highest BCUT2D eigenvalue weighted by Gasteiger charge is 2.15. The lowest BCUT2D eigenvalue weighted by Gasteiger charge is -2.15. The molecule has 32 heavy (non-hydrogen) atoms. The number of para-hydroxylation sites is 1. The fourth-order valence-electron chi connectivity index (χ4n) is 4.17. The molecule has 5 heteroatoms. The number of aromatic nitrogens is 2. The average Bonchev–Trinajstić information content (AvgIpc) is 2.75. The zero-order valence-corrected chi connectivity index (χ0v) is 19.2. The van der Waals surface area contributed by atoms with Crippen LogP contribution < -0.4 is 15.8 Å². The lowest BCUT2D eigenvalue weighted by molar-refractivity contribution is 0.412. The third-order valence-electron chi connectivity index (χ3n) is 5.60. The molecule has 0 radical (unpaired) electrons. The molecule has 0 saturated heterocycles. The number of rotatable bonds is 5. The van der Waals surface area contributed by atoms with Gasteiger partial charge in [0.15, 0.2) is 0 Å². The molecule has 0 aliphatic carbocycles. The van der Waals surface area contributed by atoms with Crippen LogP contribution in [0.25, 0.3) is 28.1 Å². The number of nitrogen functional groups attached to an aromatic ring is 1. The Balaban J connectivity index is 1.85. The maximum absolute atomic E-state index is 6.35. The first kappa shape index (κ1) is 21.4. The maximum Gasteiger partial charge on any atom is 0.229 e. The molecule has 0 unspecified atom stereocenters. The molecule has 3 aromatic carbocycles. The standard InChI is InChI=1S/C27H28N4O/c1-6-8-19-13-17(3)24(18(4)14-19)21-9-7-10-22-25(21)30-27(31-26(22)28)29-20-12-11-16(2)23(15-20)32-5/h6-15H,1-5H3,(H3,28,29,30,31)/b8-6+. The van der Waals surface area contributed by atoms with Crippen molar-refractivity contribution in [1.29, 1.82) is 0 Å². The van der Waals surface area contributed by atoms with Crippen LogP contribution in [0.4, 0.5) is 17.5 Å². The number of hydrogen-bond donors (Lipinski definition) is 2. The predicted octanol–water partition coefficient (Wildman–Crippen LogP) is 6.59. The van der Waals surface area contributed by atoms with Gasteiger partial charge in [-0.3, -0.25) is 0 Å². The Hall–Kier alpha value is -3.86. The van der Waals surface area contributed by atoms with E-state index in [0.29, 0.717) is 11.8 Å². The van der Waals surface area contributed by atoms with E-state index in [1.165, 1.54) is 22.3 Å². The van der Waals surface area contributed by atoms with E-state index in [2.05, 4.69) is 54.5 Å². The quantitative estimate of drug-likeness (QED) is 0.378. The molecule has 0 saturated carbocycles. The van der Waals surface area contributed by atoms with Crippen molar-refractivity contribution in [1.82, 2.24) is 9.97 Å². The number of hydrogen-bond acceptors (Lipinski definition) is 5. The van der Waals surface area contributed by atoms with Crippen LogP contribution in [0.3, 0.4) is 0 Å². The van der Waals surface area contributed by atoms with Gasteiger partial charge in [-0.2, -0.15) is 4.98 Å². The smallest absolute Gasteiger partial charge is 0.229 e. The number of nitrogens with two attached hydrogens (primary N) is 1. The Labute approximate surface area is 189 Å². The van der Waals surface area contributed by atoms with Crippen LogP contribution in [0.5, 0.6) is 5.75 Å². The first-order valence-electron chi connectivity index (χ1n) is 10.6. The first-order valence-corrected chi connectivity index (χ1v) is 10.6. The van der Waals surface area contributed by atoms with E-state index in [0.717, 1.165) is 33.5 Å². The van der Waals surface area contributed by atoms with Crippen LogP contribution in [-0.4, -0.2) is 17.1 Å². The van der Waals surface area contributed by atoms with E-state index in [1.54, 1.807) is 7.11 Å². The monoisotopic (exact) mass is 424 g/mol. The number of ether oxygens (including phenoxy) is 1. The van der Waals surface area contributed by atoms with Crippen molar-refractivity contribution in [2.45, 2.75) is 27.7 Å². The number of nitrogens with zero attached hydrogens (tertiary/aromatic N) is 2. The molecule has 5 nitrogen and oxygen atoms in total. The van der Waals surface area contributed by atoms with Crippen LogP contribution in [0.2, 0.25) is 0 Å². The minimum Gasteiger partial charge on any atom is -0.496 e. The van der Waals surface area contributed by atoms with Gasteiger partial charge in [0.2, 0.25) is 5.95 Å². The van der Waals surface area contributed by atoms with Crippen molar-refractivity contribution in [2.24, 2.45) is 0 Å². The predicted molar refractivity (Wildman–Crippen MR) is 135 cm³/mol. The van der Waals surface area contributed by atoms with Crippen LogP contribution in [-0.2, 0) is 0 Å². The summed E-state index contributed by atoms with van der Waals surface area (Å²) in [5, 5.41) is 4.12. The lowest BCUT2D eigenvalue weighted by atomic mass is 9.92. The van der Waals surface area contributed by atoms with Gasteiger partial charge in [-0.05, 0) is 67.6 Å². The summed E-state index contributed by atoms with van der Waals surface area (Å²) in [5.41, 5.74) is 14.9. The Bertz CT molecular complexity index is 1320. The van der Waals surface area contributed by atoms with Gasteiger partial charge in [0.05, 0.1) is 12.6 Å². The minimum atomic E-state index is 0.444. The molecule has 0 aliphatic heterocycles. The maximum atomic E-state index is 6.35. The molecule has 0 amide bonds. The normalized spacial score (nSPS) is 11.3. The van der Waals surface area contributed by atoms with Crippen molar-refractivity contribution in [2.75, 3.05) is 18.2 Å². The van der Waals surface area contributed by atoms with E-state index in [9.17, 15) is 0 Å². The molecule has 0 aliphatic rings. The van der Waals surface area contributed by atoms with Crippen LogP contribution in [0, 0.1) is 20.8 Å². The number of methoxy groups -OCH3 is 1. The molecule has 0 atom stereocenters. The number of allylic oxidation sites excluding steroid dienone is 1. The summed E-state index contributed by atoms with van der Waals surface area (Å²) in [7, 11) is 1.66. The van der Waals surface area contributed by atoms with Crippen molar-refractivity contribution in [3.8, 4) is 16.9 Å². The molecular formula is C27H28N4O. The molecule has 1 heterocycles. The summed E-state index contributed by atoms with van der Waals surface area (Å²) in [5.74, 6) is 1.70. The third kappa shape index (κ3) is 4.02. The molecule has 1 aromatic heterocycles. The topological polar surface area (TPSA) is 73.1 Å². The molecule has 0 spiro atoms. The van der Waals surface area contributed by atoms with Gasteiger partial charge in [0, 0.05) is 22.7 Å². The Morgan fingerprint density at radius 1 is 0.938 bits per heavy atom. The summed E-state index contributed by atoms with van der Waals surface area (Å²) in [6, 6.07) is 16.4. The van der Waals surface area contributed by atoms with Crippen LogP contribution in [0.1, 0.15) is 29.2 Å². The first-order chi connectivity index (χ1) is 15.4. The van der Waals surface area contributed by atoms with E-state index in [-0.39, 0.29) is 0 Å². The second-order valence-electron chi connectivity index (χ2n) is 7.97. The van der Waals surface area contributed by atoms with E-state index < -0.39 is 0 Å². The van der Waals surface area contributed by atoms with Gasteiger partial charge >= 0.3 is 0 Å². The number of nitrogens with one attached hydrogen (secondary N) is 1. The minimum absolute atomic E-state index is 0.444. The number of aryl methyl sites for hydroxylation is 3. The van der Waals surface area contributed by atoms with Gasteiger partial charge in [0.1, 0.15) is 11.6 Å². The second-order valence-corrected chi connectivity index (χ2v) is 7.97. The Kier molecular flexibility index (Phi) is 5.82. The van der Waals surface area contributed by atoms with Crippen LogP contribution in [0.15, 0.2) is 54.6 Å². The van der Waals surface area contributed by atoms with Crippen molar-refractivity contribution in [3.63, 3.8) is 0 Å². The number of fused-ring (bicyclic) bond motifs is 1. The zero-order chi connectivity index (χ0) is 22.8. The molecule has 3 N–H and O–H groups in total. The van der Waals surface area contributed by atoms with E-state index in [1.807, 2.05) is 44.2 Å². The highest BCUT2D eigenvalue weighted by molar-refractivity contribution is 6.00. The van der Waals surface area contributed by atoms with Gasteiger partial charge in [-0.15, -0.1) is 0 Å². The van der Waals surface area contributed by atoms with Gasteiger partial charge < -0.3 is 15.8 Å². The molecule has 0 bridgehead atoms. The number of benzene rings is 3. The molecule has 0 fully saturated rings. The Morgan fingerprint density at radius 2 is 1.69 bits per heavy atom. The van der Waals surface area contributed by atoms with Crippen LogP contribution >= 0.6 is 0 Å². The summed E-state index contributed by atoms with van der Waals surface area (Å²) < 4.78 is 5.44. The third-order valence-corrected chi connectivity index (χ3v) is 5.60. The highest BCUT2D eigenvalue weighted by Crippen LogP contribution is 2.35. The fourth-order valence-corrected chi connectivity index (χ4v) is 4.17. The van der Waals surface area contributed by atoms with E-state index >= 15 is 0 Å². The molecule has 4 aromatic rings. The van der Waals surface area contributed by atoms with E-state index in [4.69, 9.17) is 15.5 Å². The highest BCUT2D eigenvalue weighted by atomic mass is 16.5. The average molecular weight is 425 g/mol. The largest absolute Gasteiger partial charge is 0.496 e. The Morgan fingerprint density at radius 3 is 2.38 bits per heavy atom. The summed E-state index contributed by atoms with van der Waals surface area (Å²) in [4.78, 5) is 9.37. The SMILES string of the molecule is C/C=C/c1cc(C)c(-c2cccc3c(N)nc(Nc4ccc(C)c(OC)c4)nc23)c(C)c1. The fraction of sp³-hybridized carbons (Fsp3) is 0.185. The summed E-state index contributed by atoms with van der Waals surface area (Å²) in [6.45, 7) is 8.31. The summed E-state index contributed by atoms with van der Waals surface area (Å²) in [6.07, 6.45) is 4.17. The molecule has 162 valence electrons. The van der Waals surface area contributed by atoms with Gasteiger partial charge in [0.25, 0.3) is 0 Å². The second kappa shape index (κ2) is 8.71. The van der Waals surface area contributed by atoms with Gasteiger partial charge in [-0.1, -0.05) is 42.5 Å². The van der Waals surface area contributed by atoms with Crippen molar-refractivity contribution < 1.29 is 4.74 Å². The van der Waals surface area contributed by atoms with Gasteiger partial charge in [-0.25, -0.2) is 4.98 Å². The zero-order valence-electron chi connectivity index (χ0n) is 19.2. The summed E-state index contributed by atoms with van der Waals surface area (Å²) >= 11 is 0. The molecular weight excluding hydrogens is 396 g/mol. The lowest BCUT2D eigenvalue weighted by Crippen LogP contribution is -2.03.